The van der Waals surface area contributed by atoms with Crippen molar-refractivity contribution in [3.63, 3.8) is 0 Å². The number of ether oxygens (including phenoxy) is 4. The lowest BCUT2D eigenvalue weighted by Gasteiger charge is -2.36. The van der Waals surface area contributed by atoms with Crippen molar-refractivity contribution in [2.45, 2.75) is 56.5 Å². The van der Waals surface area contributed by atoms with Crippen molar-refractivity contribution in [2.75, 3.05) is 33.0 Å². The number of aliphatic hydroxyl groups excluding tert-OH is 2. The average molecular weight is 625 g/mol. The summed E-state index contributed by atoms with van der Waals surface area (Å²) in [7, 11) is 0. The maximum Gasteiger partial charge on any atom is 0.321 e. The van der Waals surface area contributed by atoms with E-state index in [1.54, 1.807) is 9.80 Å². The highest BCUT2D eigenvalue weighted by Crippen LogP contribution is 2.35. The first-order valence-corrected chi connectivity index (χ1v) is 16.1. The smallest absolute Gasteiger partial charge is 0.321 e. The van der Waals surface area contributed by atoms with Crippen molar-refractivity contribution in [1.82, 2.24) is 9.80 Å². The summed E-state index contributed by atoms with van der Waals surface area (Å²) in [4.78, 5) is 18.4. The fraction of sp³-hybridized carbons (Fsp3) is 0.378. The molecule has 3 aromatic rings. The highest BCUT2D eigenvalue weighted by atomic mass is 16.6. The quantitative estimate of drug-likeness (QED) is 0.375. The van der Waals surface area contributed by atoms with Crippen LogP contribution in [0.1, 0.15) is 29.5 Å². The van der Waals surface area contributed by atoms with Crippen LogP contribution in [0.4, 0.5) is 4.79 Å². The number of fused-ring (bicyclic) bond motifs is 2. The third kappa shape index (κ3) is 6.43. The van der Waals surface area contributed by atoms with Gasteiger partial charge in [-0.15, -0.1) is 0 Å². The summed E-state index contributed by atoms with van der Waals surface area (Å²) in [6.07, 6.45) is 6.36. The SMILES string of the molecule is O=C1N(CC2=CCCC=C2)[C@H](Cc2ccc3c(c2)OCCO3)[C@H](O)[C@@H](O)[C@@H](Cc2ccc3c(c2)OCCO3)N1Cc1ccccc1. The van der Waals surface area contributed by atoms with E-state index in [-0.39, 0.29) is 12.6 Å². The van der Waals surface area contributed by atoms with Crippen molar-refractivity contribution < 1.29 is 34.0 Å². The maximum absolute atomic E-state index is 14.9. The minimum absolute atomic E-state index is 0.232. The molecule has 240 valence electrons. The zero-order chi connectivity index (χ0) is 31.5. The van der Waals surface area contributed by atoms with Gasteiger partial charge in [-0.25, -0.2) is 4.79 Å². The van der Waals surface area contributed by atoms with Crippen LogP contribution in [-0.2, 0) is 19.4 Å². The molecular weight excluding hydrogens is 584 g/mol. The highest BCUT2D eigenvalue weighted by molar-refractivity contribution is 5.76. The number of aliphatic hydroxyl groups is 2. The fourth-order valence-electron chi connectivity index (χ4n) is 6.78. The Morgan fingerprint density at radius 1 is 0.630 bits per heavy atom. The number of rotatable bonds is 8. The molecule has 0 saturated carbocycles. The van der Waals surface area contributed by atoms with E-state index in [9.17, 15) is 15.0 Å². The van der Waals surface area contributed by atoms with E-state index < -0.39 is 24.3 Å². The molecule has 4 atom stereocenters. The van der Waals surface area contributed by atoms with Crippen LogP contribution in [0.2, 0.25) is 0 Å². The van der Waals surface area contributed by atoms with E-state index in [0.29, 0.717) is 68.8 Å². The van der Waals surface area contributed by atoms with Gasteiger partial charge in [0, 0.05) is 13.1 Å². The van der Waals surface area contributed by atoms with Crippen LogP contribution in [-0.4, -0.2) is 83.3 Å². The van der Waals surface area contributed by atoms with Gasteiger partial charge >= 0.3 is 6.03 Å². The summed E-state index contributed by atoms with van der Waals surface area (Å²) < 4.78 is 23.1. The molecule has 46 heavy (non-hydrogen) atoms. The maximum atomic E-state index is 14.9. The molecule has 2 N–H and O–H groups in total. The van der Waals surface area contributed by atoms with Crippen LogP contribution in [0.25, 0.3) is 0 Å². The summed E-state index contributed by atoms with van der Waals surface area (Å²) >= 11 is 0. The number of hydrogen-bond acceptors (Lipinski definition) is 7. The Bertz CT molecular complexity index is 1610. The molecule has 1 saturated heterocycles. The van der Waals surface area contributed by atoms with Crippen molar-refractivity contribution in [3.8, 4) is 23.0 Å². The third-order valence-corrected chi connectivity index (χ3v) is 9.15. The van der Waals surface area contributed by atoms with Gasteiger partial charge in [-0.3, -0.25) is 0 Å². The van der Waals surface area contributed by atoms with E-state index in [2.05, 4.69) is 18.2 Å². The zero-order valence-corrected chi connectivity index (χ0v) is 25.8. The van der Waals surface area contributed by atoms with Crippen molar-refractivity contribution >= 4 is 6.03 Å². The van der Waals surface area contributed by atoms with Gasteiger partial charge < -0.3 is 39.0 Å². The standard InChI is InChI=1S/C37H40N2O7/c40-35-29(19-27-11-13-31-33(21-27)45-17-15-43-31)38(23-25-7-3-1-4-8-25)37(42)39(24-26-9-5-2-6-10-26)30(36(35)41)20-28-12-14-32-34(22-28)46-18-16-44-32/h1,3-5,7-14,21-22,29-30,35-36,40-41H,2,6,15-20,23-24H2/t29-,30-,35+,36+/m1/s1. The minimum Gasteiger partial charge on any atom is -0.486 e. The summed E-state index contributed by atoms with van der Waals surface area (Å²) in [5, 5.41) is 24.1. The lowest BCUT2D eigenvalue weighted by atomic mass is 9.90. The molecule has 1 aliphatic carbocycles. The second kappa shape index (κ2) is 13.5. The van der Waals surface area contributed by atoms with Gasteiger partial charge in [0.1, 0.15) is 38.6 Å². The lowest BCUT2D eigenvalue weighted by molar-refractivity contribution is -0.0395. The van der Waals surface area contributed by atoms with Gasteiger partial charge in [0.15, 0.2) is 23.0 Å². The fourth-order valence-corrected chi connectivity index (χ4v) is 6.78. The number of carbonyl (C=O) groups is 1. The predicted octanol–water partition coefficient (Wildman–Crippen LogP) is 4.69. The molecule has 0 spiro atoms. The van der Waals surface area contributed by atoms with Crippen LogP contribution in [0.3, 0.4) is 0 Å². The third-order valence-electron chi connectivity index (χ3n) is 9.15. The van der Waals surface area contributed by atoms with E-state index >= 15 is 0 Å². The second-order valence-corrected chi connectivity index (χ2v) is 12.3. The number of hydrogen-bond donors (Lipinski definition) is 2. The Hall–Kier alpha value is -4.47. The first-order valence-electron chi connectivity index (χ1n) is 16.1. The normalized spacial score (nSPS) is 24.0. The number of benzene rings is 3. The van der Waals surface area contributed by atoms with Crippen LogP contribution in [0, 0.1) is 0 Å². The molecule has 3 aromatic carbocycles. The average Bonchev–Trinajstić information content (AvgIpc) is 3.16. The molecule has 4 aliphatic rings. The molecular formula is C37H40N2O7. The molecule has 0 aromatic heterocycles. The van der Waals surface area contributed by atoms with E-state index in [4.69, 9.17) is 18.9 Å². The molecule has 0 unspecified atom stereocenters. The van der Waals surface area contributed by atoms with Crippen LogP contribution >= 0.6 is 0 Å². The minimum atomic E-state index is -1.23. The number of amides is 2. The Kier molecular flexibility index (Phi) is 8.85. The summed E-state index contributed by atoms with van der Waals surface area (Å²) in [5.74, 6) is 2.64. The molecule has 0 bridgehead atoms. The van der Waals surface area contributed by atoms with Gasteiger partial charge in [0.05, 0.1) is 12.1 Å². The molecule has 2 amide bonds. The molecule has 3 heterocycles. The molecule has 0 radical (unpaired) electrons. The predicted molar refractivity (Wildman–Crippen MR) is 172 cm³/mol. The van der Waals surface area contributed by atoms with Gasteiger partial charge in [-0.2, -0.15) is 0 Å². The molecule has 9 heteroatoms. The molecule has 3 aliphatic heterocycles. The molecule has 9 nitrogen and oxygen atoms in total. The Morgan fingerprint density at radius 2 is 1.17 bits per heavy atom. The monoisotopic (exact) mass is 624 g/mol. The van der Waals surface area contributed by atoms with Gasteiger partial charge in [-0.1, -0.05) is 60.7 Å². The van der Waals surface area contributed by atoms with E-state index in [1.807, 2.05) is 66.7 Å². The number of carbonyl (C=O) groups excluding carboxylic acids is 1. The van der Waals surface area contributed by atoms with Crippen molar-refractivity contribution in [3.05, 3.63) is 107 Å². The highest BCUT2D eigenvalue weighted by Gasteiger charge is 2.46. The number of urea groups is 1. The van der Waals surface area contributed by atoms with Gasteiger partial charge in [0.2, 0.25) is 0 Å². The van der Waals surface area contributed by atoms with Crippen molar-refractivity contribution in [1.29, 1.82) is 0 Å². The summed E-state index contributed by atoms with van der Waals surface area (Å²) in [6, 6.07) is 19.6. The van der Waals surface area contributed by atoms with E-state index in [0.717, 1.165) is 35.1 Å². The Balaban J connectivity index is 1.27. The molecule has 7 rings (SSSR count). The van der Waals surface area contributed by atoms with Crippen LogP contribution in [0.15, 0.2) is 90.5 Å². The Morgan fingerprint density at radius 3 is 1.72 bits per heavy atom. The zero-order valence-electron chi connectivity index (χ0n) is 25.8. The lowest BCUT2D eigenvalue weighted by Crippen LogP contribution is -2.51. The number of allylic oxidation sites excluding steroid dienone is 2. The molecule has 1 fully saturated rings. The van der Waals surface area contributed by atoms with Gasteiger partial charge in [0.25, 0.3) is 0 Å². The van der Waals surface area contributed by atoms with E-state index in [1.165, 1.54) is 0 Å². The summed E-state index contributed by atoms with van der Waals surface area (Å²) in [6.45, 7) is 2.50. The van der Waals surface area contributed by atoms with Crippen LogP contribution in [0.5, 0.6) is 23.0 Å². The van der Waals surface area contributed by atoms with Crippen molar-refractivity contribution in [2.24, 2.45) is 0 Å². The first-order chi connectivity index (χ1) is 22.5. The Labute approximate surface area is 269 Å². The van der Waals surface area contributed by atoms with Gasteiger partial charge in [-0.05, 0) is 72.2 Å². The first kappa shape index (κ1) is 30.2. The summed E-state index contributed by atoms with van der Waals surface area (Å²) in [5.41, 5.74) is 3.71. The number of nitrogens with zero attached hydrogens (tertiary/aromatic N) is 2. The second-order valence-electron chi connectivity index (χ2n) is 12.3. The largest absolute Gasteiger partial charge is 0.486 e. The van der Waals surface area contributed by atoms with Crippen LogP contribution < -0.4 is 18.9 Å². The topological polar surface area (TPSA) is 101 Å².